The molecule has 0 unspecified atom stereocenters. The molecule has 0 amide bonds. The number of para-hydroxylation sites is 1. The predicted octanol–water partition coefficient (Wildman–Crippen LogP) is 3.81. The fraction of sp³-hybridized carbons (Fsp3) is 0.294. The molecule has 0 radical (unpaired) electrons. The molecule has 0 atom stereocenters. The predicted molar refractivity (Wildman–Crippen MR) is 82.3 cm³/mol. The summed E-state index contributed by atoms with van der Waals surface area (Å²) in [6.45, 7) is 3.52. The van der Waals surface area contributed by atoms with Gasteiger partial charge in [0, 0.05) is 18.8 Å². The summed E-state index contributed by atoms with van der Waals surface area (Å²) in [5.74, 6) is -0.186. The fourth-order valence-corrected chi connectivity index (χ4v) is 2.19. The molecular formula is C17H21FN2. The molecule has 0 bridgehead atoms. The van der Waals surface area contributed by atoms with Gasteiger partial charge in [-0.25, -0.2) is 4.39 Å². The molecule has 106 valence electrons. The maximum absolute atomic E-state index is 13.3. The van der Waals surface area contributed by atoms with E-state index in [0.717, 1.165) is 23.4 Å². The molecule has 0 fully saturated rings. The summed E-state index contributed by atoms with van der Waals surface area (Å²) in [4.78, 5) is 2.13. The highest BCUT2D eigenvalue weighted by Crippen LogP contribution is 2.18. The van der Waals surface area contributed by atoms with Gasteiger partial charge in [0.25, 0.3) is 0 Å². The third kappa shape index (κ3) is 3.81. The number of halogens is 1. The van der Waals surface area contributed by atoms with Crippen molar-refractivity contribution in [3.63, 3.8) is 0 Å². The molecule has 2 aromatic rings. The van der Waals surface area contributed by atoms with Crippen molar-refractivity contribution in [3.8, 4) is 0 Å². The Bertz CT molecular complexity index is 579. The van der Waals surface area contributed by atoms with E-state index in [2.05, 4.69) is 22.3 Å². The second-order valence-electron chi connectivity index (χ2n) is 5.32. The number of benzene rings is 2. The van der Waals surface area contributed by atoms with Crippen LogP contribution in [-0.2, 0) is 13.1 Å². The topological polar surface area (TPSA) is 15.3 Å². The summed E-state index contributed by atoms with van der Waals surface area (Å²) in [6, 6.07) is 13.1. The number of aryl methyl sites for hydroxylation is 1. The van der Waals surface area contributed by atoms with Gasteiger partial charge in [0.15, 0.2) is 0 Å². The molecule has 2 nitrogen and oxygen atoms in total. The monoisotopic (exact) mass is 272 g/mol. The van der Waals surface area contributed by atoms with Gasteiger partial charge in [-0.05, 0) is 55.9 Å². The third-order valence-corrected chi connectivity index (χ3v) is 3.28. The lowest BCUT2D eigenvalue weighted by Gasteiger charge is -2.16. The first-order valence-electron chi connectivity index (χ1n) is 6.78. The zero-order valence-electron chi connectivity index (χ0n) is 12.3. The minimum Gasteiger partial charge on any atom is -0.381 e. The minimum absolute atomic E-state index is 0.186. The lowest BCUT2D eigenvalue weighted by molar-refractivity contribution is 0.403. The Balaban J connectivity index is 2.12. The van der Waals surface area contributed by atoms with Crippen LogP contribution in [0.2, 0.25) is 0 Å². The van der Waals surface area contributed by atoms with Crippen molar-refractivity contribution in [1.82, 2.24) is 4.90 Å². The Kier molecular flexibility index (Phi) is 4.74. The quantitative estimate of drug-likeness (QED) is 0.890. The molecule has 3 heteroatoms. The van der Waals surface area contributed by atoms with E-state index in [1.807, 2.05) is 39.2 Å². The second-order valence-corrected chi connectivity index (χ2v) is 5.32. The normalized spacial score (nSPS) is 10.8. The van der Waals surface area contributed by atoms with E-state index in [9.17, 15) is 4.39 Å². The average Bonchev–Trinajstić information content (AvgIpc) is 2.41. The van der Waals surface area contributed by atoms with Crippen molar-refractivity contribution in [2.24, 2.45) is 0 Å². The number of anilines is 1. The summed E-state index contributed by atoms with van der Waals surface area (Å²) in [7, 11) is 4.10. The van der Waals surface area contributed by atoms with Gasteiger partial charge in [-0.1, -0.05) is 24.3 Å². The largest absolute Gasteiger partial charge is 0.381 e. The first kappa shape index (κ1) is 14.5. The molecular weight excluding hydrogens is 251 g/mol. The summed E-state index contributed by atoms with van der Waals surface area (Å²) in [6.07, 6.45) is 0. The molecule has 0 spiro atoms. The third-order valence-electron chi connectivity index (χ3n) is 3.28. The zero-order chi connectivity index (χ0) is 14.5. The van der Waals surface area contributed by atoms with Crippen molar-refractivity contribution in [2.45, 2.75) is 20.0 Å². The van der Waals surface area contributed by atoms with Gasteiger partial charge < -0.3 is 10.2 Å². The number of rotatable bonds is 5. The first-order chi connectivity index (χ1) is 9.56. The maximum Gasteiger partial charge on any atom is 0.123 e. The lowest BCUT2D eigenvalue weighted by atomic mass is 10.1. The van der Waals surface area contributed by atoms with Crippen LogP contribution >= 0.6 is 0 Å². The number of hydrogen-bond acceptors (Lipinski definition) is 2. The number of nitrogens with zero attached hydrogens (tertiary/aromatic N) is 1. The Morgan fingerprint density at radius 1 is 1.05 bits per heavy atom. The summed E-state index contributed by atoms with van der Waals surface area (Å²) in [5, 5.41) is 3.41. The van der Waals surface area contributed by atoms with E-state index in [1.165, 1.54) is 11.6 Å². The van der Waals surface area contributed by atoms with Crippen molar-refractivity contribution in [1.29, 1.82) is 0 Å². The number of hydrogen-bond donors (Lipinski definition) is 1. The molecule has 0 aromatic heterocycles. The van der Waals surface area contributed by atoms with Gasteiger partial charge in [0.05, 0.1) is 0 Å². The van der Waals surface area contributed by atoms with Crippen molar-refractivity contribution < 1.29 is 4.39 Å². The Labute approximate surface area is 120 Å². The molecule has 0 saturated heterocycles. The summed E-state index contributed by atoms with van der Waals surface area (Å²) in [5.41, 5.74) is 4.44. The Morgan fingerprint density at radius 2 is 1.80 bits per heavy atom. The Hall–Kier alpha value is -1.87. The molecule has 0 aliphatic heterocycles. The smallest absolute Gasteiger partial charge is 0.123 e. The van der Waals surface area contributed by atoms with Crippen LogP contribution in [0.1, 0.15) is 16.7 Å². The van der Waals surface area contributed by atoms with E-state index in [0.29, 0.717) is 6.54 Å². The van der Waals surface area contributed by atoms with Crippen molar-refractivity contribution in [2.75, 3.05) is 19.4 Å². The lowest BCUT2D eigenvalue weighted by Crippen LogP contribution is -2.13. The number of nitrogens with one attached hydrogen (secondary N) is 1. The SMILES string of the molecule is Cc1ccc(F)cc1CNc1ccccc1CN(C)C. The van der Waals surface area contributed by atoms with Crippen LogP contribution in [0.25, 0.3) is 0 Å². The molecule has 0 heterocycles. The average molecular weight is 272 g/mol. The molecule has 20 heavy (non-hydrogen) atoms. The first-order valence-corrected chi connectivity index (χ1v) is 6.78. The highest BCUT2D eigenvalue weighted by atomic mass is 19.1. The molecule has 2 aromatic carbocycles. The molecule has 0 aliphatic carbocycles. The van der Waals surface area contributed by atoms with E-state index in [4.69, 9.17) is 0 Å². The van der Waals surface area contributed by atoms with E-state index in [1.54, 1.807) is 6.07 Å². The van der Waals surface area contributed by atoms with Gasteiger partial charge in [-0.15, -0.1) is 0 Å². The highest BCUT2D eigenvalue weighted by molar-refractivity contribution is 5.51. The second kappa shape index (κ2) is 6.53. The van der Waals surface area contributed by atoms with Crippen LogP contribution in [0.4, 0.5) is 10.1 Å². The van der Waals surface area contributed by atoms with Gasteiger partial charge >= 0.3 is 0 Å². The van der Waals surface area contributed by atoms with Crippen LogP contribution < -0.4 is 5.32 Å². The van der Waals surface area contributed by atoms with Gasteiger partial charge in [-0.3, -0.25) is 0 Å². The van der Waals surface area contributed by atoms with Gasteiger partial charge in [0.1, 0.15) is 5.82 Å². The van der Waals surface area contributed by atoms with E-state index < -0.39 is 0 Å². The molecule has 1 N–H and O–H groups in total. The maximum atomic E-state index is 13.3. The van der Waals surface area contributed by atoms with Crippen LogP contribution in [0.5, 0.6) is 0 Å². The van der Waals surface area contributed by atoms with Crippen LogP contribution in [0, 0.1) is 12.7 Å². The van der Waals surface area contributed by atoms with Gasteiger partial charge in [0.2, 0.25) is 0 Å². The van der Waals surface area contributed by atoms with Crippen LogP contribution in [0.15, 0.2) is 42.5 Å². The van der Waals surface area contributed by atoms with E-state index in [-0.39, 0.29) is 5.82 Å². The molecule has 0 aliphatic rings. The zero-order valence-corrected chi connectivity index (χ0v) is 12.3. The van der Waals surface area contributed by atoms with E-state index >= 15 is 0 Å². The standard InChI is InChI=1S/C17H21FN2/c1-13-8-9-16(18)10-15(13)11-19-17-7-5-4-6-14(17)12-20(2)3/h4-10,19H,11-12H2,1-3H3. The molecule has 0 saturated carbocycles. The van der Waals surface area contributed by atoms with Crippen LogP contribution in [-0.4, -0.2) is 19.0 Å². The van der Waals surface area contributed by atoms with Crippen LogP contribution in [0.3, 0.4) is 0 Å². The molecule has 2 rings (SSSR count). The van der Waals surface area contributed by atoms with Crippen molar-refractivity contribution >= 4 is 5.69 Å². The summed E-state index contributed by atoms with van der Waals surface area (Å²) >= 11 is 0. The summed E-state index contributed by atoms with van der Waals surface area (Å²) < 4.78 is 13.3. The van der Waals surface area contributed by atoms with Crippen molar-refractivity contribution in [3.05, 3.63) is 65.0 Å². The highest BCUT2D eigenvalue weighted by Gasteiger charge is 2.04. The van der Waals surface area contributed by atoms with Gasteiger partial charge in [-0.2, -0.15) is 0 Å². The fourth-order valence-electron chi connectivity index (χ4n) is 2.19. The minimum atomic E-state index is -0.186. The Morgan fingerprint density at radius 3 is 2.55 bits per heavy atom.